The first-order valence-electron chi connectivity index (χ1n) is 11.8. The average Bonchev–Trinajstić information content (AvgIpc) is 3.36. The van der Waals surface area contributed by atoms with Crippen LogP contribution < -0.4 is 16.0 Å². The minimum atomic E-state index is -1.50. The van der Waals surface area contributed by atoms with Crippen LogP contribution >= 0.6 is 11.6 Å². The molecule has 1 aliphatic heterocycles. The minimum absolute atomic E-state index is 0.0257. The molecule has 4 amide bonds. The molecular formula is C24H33ClN4O8. The summed E-state index contributed by atoms with van der Waals surface area (Å²) in [5, 5.41) is 36.4. The second-order valence-corrected chi connectivity index (χ2v) is 9.14. The standard InChI is InChI=1S/C24H33ClN4O8/c1-13(31)21(28-23(36)19-4-3-9-29(19)14(2)32)24(37)27-18(12-30)22(35)26-17(20(34)11-25)10-15-5-7-16(33)8-6-15/h5-8,13,17-19,21,30-31,33H,3-4,9-12H2,1-2H3,(H,26,35)(H,27,37)(H,28,36)/t13-,17+,18+,19+,21+/m1/s1. The molecule has 0 aliphatic carbocycles. The molecule has 13 heteroatoms. The van der Waals surface area contributed by atoms with Crippen molar-refractivity contribution < 1.29 is 39.3 Å². The molecule has 1 aromatic rings. The Kier molecular flexibility index (Phi) is 11.3. The number of nitrogens with one attached hydrogen (secondary N) is 3. The number of halogens is 1. The Morgan fingerprint density at radius 3 is 2.22 bits per heavy atom. The molecule has 1 fully saturated rings. The first-order chi connectivity index (χ1) is 17.5. The lowest BCUT2D eigenvalue weighted by Crippen LogP contribution is -2.60. The first-order valence-corrected chi connectivity index (χ1v) is 12.4. The van der Waals surface area contributed by atoms with Crippen LogP contribution in [0.3, 0.4) is 0 Å². The van der Waals surface area contributed by atoms with Gasteiger partial charge in [-0.3, -0.25) is 24.0 Å². The van der Waals surface area contributed by atoms with Crippen LogP contribution in [0.15, 0.2) is 24.3 Å². The van der Waals surface area contributed by atoms with E-state index in [2.05, 4.69) is 16.0 Å². The summed E-state index contributed by atoms with van der Waals surface area (Å²) < 4.78 is 0. The van der Waals surface area contributed by atoms with Gasteiger partial charge >= 0.3 is 0 Å². The van der Waals surface area contributed by atoms with Gasteiger partial charge in [-0.15, -0.1) is 11.6 Å². The Hall–Kier alpha value is -3.22. The van der Waals surface area contributed by atoms with E-state index >= 15 is 0 Å². The third kappa shape index (κ3) is 8.41. The second kappa shape index (κ2) is 13.9. The van der Waals surface area contributed by atoms with Crippen molar-refractivity contribution in [3.05, 3.63) is 29.8 Å². The maximum Gasteiger partial charge on any atom is 0.245 e. The summed E-state index contributed by atoms with van der Waals surface area (Å²) in [6.07, 6.45) is -0.302. The lowest BCUT2D eigenvalue weighted by atomic mass is 10.0. The molecule has 5 atom stereocenters. The molecule has 1 aliphatic rings. The number of aromatic hydroxyl groups is 1. The number of benzene rings is 1. The number of likely N-dealkylation sites (tertiary alicyclic amines) is 1. The molecule has 0 aromatic heterocycles. The zero-order chi connectivity index (χ0) is 27.7. The molecule has 1 heterocycles. The predicted molar refractivity (Wildman–Crippen MR) is 133 cm³/mol. The number of Topliss-reactive ketones (excluding diaryl/α,β-unsaturated/α-hetero) is 1. The SMILES string of the molecule is CC(=O)N1CCC[C@H]1C(=O)N[C@H](C(=O)N[C@@H](CO)C(=O)N[C@@H](Cc1ccc(O)cc1)C(=O)CCl)[C@@H](C)O. The molecular weight excluding hydrogens is 508 g/mol. The Balaban J connectivity index is 2.07. The second-order valence-electron chi connectivity index (χ2n) is 8.87. The average molecular weight is 541 g/mol. The van der Waals surface area contributed by atoms with Gasteiger partial charge in [0.25, 0.3) is 0 Å². The van der Waals surface area contributed by atoms with Gasteiger partial charge in [0.15, 0.2) is 5.78 Å². The molecule has 37 heavy (non-hydrogen) atoms. The minimum Gasteiger partial charge on any atom is -0.508 e. The summed E-state index contributed by atoms with van der Waals surface area (Å²) in [6, 6.07) is 1.13. The van der Waals surface area contributed by atoms with Crippen LogP contribution in [0.25, 0.3) is 0 Å². The Labute approximate surface area is 219 Å². The van der Waals surface area contributed by atoms with Crippen molar-refractivity contribution in [1.82, 2.24) is 20.9 Å². The number of aliphatic hydroxyl groups excluding tert-OH is 2. The van der Waals surface area contributed by atoms with Crippen LogP contribution in [-0.2, 0) is 30.4 Å². The zero-order valence-corrected chi connectivity index (χ0v) is 21.4. The normalized spacial score (nSPS) is 18.3. The van der Waals surface area contributed by atoms with E-state index < -0.39 is 66.3 Å². The fourth-order valence-electron chi connectivity index (χ4n) is 4.01. The van der Waals surface area contributed by atoms with Crippen LogP contribution in [0, 0.1) is 0 Å². The van der Waals surface area contributed by atoms with Crippen molar-refractivity contribution in [3.8, 4) is 5.75 Å². The molecule has 0 radical (unpaired) electrons. The number of nitrogens with zero attached hydrogens (tertiary/aromatic N) is 1. The lowest BCUT2D eigenvalue weighted by Gasteiger charge is -2.28. The van der Waals surface area contributed by atoms with Gasteiger partial charge in [0.1, 0.15) is 23.9 Å². The number of amides is 4. The summed E-state index contributed by atoms with van der Waals surface area (Å²) in [6.45, 7) is 2.17. The summed E-state index contributed by atoms with van der Waals surface area (Å²) in [5.74, 6) is -3.62. The summed E-state index contributed by atoms with van der Waals surface area (Å²) in [4.78, 5) is 63.8. The van der Waals surface area contributed by atoms with Crippen molar-refractivity contribution in [1.29, 1.82) is 0 Å². The van der Waals surface area contributed by atoms with Crippen LogP contribution in [0.4, 0.5) is 0 Å². The van der Waals surface area contributed by atoms with Crippen LogP contribution in [0.5, 0.6) is 5.75 Å². The van der Waals surface area contributed by atoms with Crippen LogP contribution in [0.1, 0.15) is 32.3 Å². The number of hydrogen-bond donors (Lipinski definition) is 6. The van der Waals surface area contributed by atoms with Gasteiger partial charge in [0.05, 0.1) is 24.6 Å². The van der Waals surface area contributed by atoms with Gasteiger partial charge in [-0.2, -0.15) is 0 Å². The monoisotopic (exact) mass is 540 g/mol. The predicted octanol–water partition coefficient (Wildman–Crippen LogP) is -1.42. The lowest BCUT2D eigenvalue weighted by molar-refractivity contribution is -0.140. The number of carbonyl (C=O) groups is 5. The number of alkyl halides is 1. The molecule has 1 saturated heterocycles. The number of ketones is 1. The fourth-order valence-corrected chi connectivity index (χ4v) is 4.19. The zero-order valence-electron chi connectivity index (χ0n) is 20.6. The molecule has 0 bridgehead atoms. The van der Waals surface area contributed by atoms with Crippen molar-refractivity contribution in [2.24, 2.45) is 0 Å². The summed E-state index contributed by atoms with van der Waals surface area (Å²) >= 11 is 5.68. The van der Waals surface area contributed by atoms with E-state index in [4.69, 9.17) is 11.6 Å². The van der Waals surface area contributed by atoms with Gasteiger partial charge in [-0.25, -0.2) is 0 Å². The van der Waals surface area contributed by atoms with Crippen LogP contribution in [0.2, 0.25) is 0 Å². The van der Waals surface area contributed by atoms with E-state index in [0.717, 1.165) is 0 Å². The van der Waals surface area contributed by atoms with Gasteiger partial charge in [0.2, 0.25) is 23.6 Å². The number of carbonyl (C=O) groups excluding carboxylic acids is 5. The molecule has 0 spiro atoms. The third-order valence-corrected chi connectivity index (χ3v) is 6.31. The summed E-state index contributed by atoms with van der Waals surface area (Å²) in [5.41, 5.74) is 0.620. The number of aliphatic hydroxyl groups is 2. The molecule has 12 nitrogen and oxygen atoms in total. The number of rotatable bonds is 12. The Bertz CT molecular complexity index is 987. The van der Waals surface area contributed by atoms with Crippen molar-refractivity contribution >= 4 is 41.0 Å². The third-order valence-electron chi connectivity index (χ3n) is 6.05. The smallest absolute Gasteiger partial charge is 0.245 e. The van der Waals surface area contributed by atoms with E-state index in [1.807, 2.05) is 0 Å². The first kappa shape index (κ1) is 30.0. The maximum atomic E-state index is 12.9. The number of phenolic OH excluding ortho intramolecular Hbond substituents is 1. The van der Waals surface area contributed by atoms with Crippen molar-refractivity contribution in [2.45, 2.75) is 63.4 Å². The Morgan fingerprint density at radius 2 is 1.68 bits per heavy atom. The highest BCUT2D eigenvalue weighted by Crippen LogP contribution is 2.18. The van der Waals surface area contributed by atoms with E-state index in [-0.39, 0.29) is 18.1 Å². The molecule has 6 N–H and O–H groups in total. The van der Waals surface area contributed by atoms with E-state index in [1.54, 1.807) is 12.1 Å². The van der Waals surface area contributed by atoms with E-state index in [9.17, 15) is 39.3 Å². The molecule has 0 saturated carbocycles. The maximum absolute atomic E-state index is 12.9. The number of phenols is 1. The van der Waals surface area contributed by atoms with Crippen LogP contribution in [-0.4, -0.2) is 98.9 Å². The van der Waals surface area contributed by atoms with Crippen molar-refractivity contribution in [2.75, 3.05) is 19.0 Å². The largest absolute Gasteiger partial charge is 0.508 e. The number of hydrogen-bond acceptors (Lipinski definition) is 8. The van der Waals surface area contributed by atoms with Gasteiger partial charge in [-0.05, 0) is 43.9 Å². The highest BCUT2D eigenvalue weighted by molar-refractivity contribution is 6.28. The highest BCUT2D eigenvalue weighted by atomic mass is 35.5. The van der Waals surface area contributed by atoms with Gasteiger partial charge in [-0.1, -0.05) is 12.1 Å². The molecule has 1 aromatic carbocycles. The Morgan fingerprint density at radius 1 is 1.05 bits per heavy atom. The fraction of sp³-hybridized carbons (Fsp3) is 0.542. The van der Waals surface area contributed by atoms with Gasteiger partial charge in [0, 0.05) is 13.5 Å². The molecule has 0 unspecified atom stereocenters. The van der Waals surface area contributed by atoms with Gasteiger partial charge < -0.3 is 36.2 Å². The van der Waals surface area contributed by atoms with Crippen molar-refractivity contribution in [3.63, 3.8) is 0 Å². The summed E-state index contributed by atoms with van der Waals surface area (Å²) in [7, 11) is 0. The van der Waals surface area contributed by atoms with E-state index in [1.165, 1.54) is 30.9 Å². The quantitative estimate of drug-likeness (QED) is 0.174. The van der Waals surface area contributed by atoms with E-state index in [0.29, 0.717) is 24.9 Å². The topological polar surface area (TPSA) is 185 Å². The highest BCUT2D eigenvalue weighted by Gasteiger charge is 2.36. The molecule has 2 rings (SSSR count). The molecule has 204 valence electrons.